The van der Waals surface area contributed by atoms with E-state index in [1.807, 2.05) is 6.07 Å². The minimum absolute atomic E-state index is 0.225. The van der Waals surface area contributed by atoms with Gasteiger partial charge in [-0.05, 0) is 41.6 Å². The van der Waals surface area contributed by atoms with Crippen LogP contribution in [-0.2, 0) is 0 Å². The molecule has 0 aliphatic heterocycles. The number of oxazole rings is 1. The first kappa shape index (κ1) is 12.0. The second kappa shape index (κ2) is 4.82. The third-order valence-electron chi connectivity index (χ3n) is 2.08. The van der Waals surface area contributed by atoms with Crippen LogP contribution < -0.4 is 5.32 Å². The lowest BCUT2D eigenvalue weighted by Gasteiger charge is -2.02. The Balaban J connectivity index is 2.17. The molecular formula is C11H10IN3O2. The highest BCUT2D eigenvalue weighted by atomic mass is 127. The summed E-state index contributed by atoms with van der Waals surface area (Å²) in [6.45, 7) is 3.43. The highest BCUT2D eigenvalue weighted by molar-refractivity contribution is 14.1. The Labute approximate surface area is 112 Å². The third kappa shape index (κ3) is 2.82. The van der Waals surface area contributed by atoms with Crippen molar-refractivity contribution in [2.45, 2.75) is 13.8 Å². The monoisotopic (exact) mass is 343 g/mol. The first-order chi connectivity index (χ1) is 8.06. The van der Waals surface area contributed by atoms with Crippen molar-refractivity contribution in [3.63, 3.8) is 0 Å². The molecule has 0 unspecified atom stereocenters. The fourth-order valence-corrected chi connectivity index (χ4v) is 1.68. The van der Waals surface area contributed by atoms with E-state index in [4.69, 9.17) is 4.42 Å². The summed E-state index contributed by atoms with van der Waals surface area (Å²) in [5, 5.41) is 2.65. The lowest BCUT2D eigenvalue weighted by molar-refractivity contribution is 0.0994. The molecule has 1 amide bonds. The number of anilines is 1. The third-order valence-corrected chi connectivity index (χ3v) is 2.72. The van der Waals surface area contributed by atoms with Crippen LogP contribution in [0.15, 0.2) is 22.7 Å². The Bertz CT molecular complexity index is 548. The number of hydrogen-bond donors (Lipinski definition) is 1. The van der Waals surface area contributed by atoms with Crippen molar-refractivity contribution >= 4 is 34.3 Å². The van der Waals surface area contributed by atoms with Gasteiger partial charge in [0.05, 0.1) is 5.69 Å². The second-order valence-electron chi connectivity index (χ2n) is 3.46. The number of hydrogen-bond acceptors (Lipinski definition) is 4. The zero-order valence-electron chi connectivity index (χ0n) is 9.32. The fraction of sp³-hybridized carbons (Fsp3) is 0.182. The molecule has 0 fully saturated rings. The van der Waals surface area contributed by atoms with Gasteiger partial charge in [-0.1, -0.05) is 0 Å². The summed E-state index contributed by atoms with van der Waals surface area (Å²) in [4.78, 5) is 20.0. The highest BCUT2D eigenvalue weighted by Gasteiger charge is 2.16. The largest absolute Gasteiger partial charge is 0.436 e. The van der Waals surface area contributed by atoms with Crippen LogP contribution in [0.4, 0.5) is 5.82 Å². The Morgan fingerprint density at radius 3 is 2.71 bits per heavy atom. The number of pyridine rings is 1. The quantitative estimate of drug-likeness (QED) is 0.851. The van der Waals surface area contributed by atoms with Crippen LogP contribution in [0.3, 0.4) is 0 Å². The molecule has 2 aromatic rings. The molecule has 17 heavy (non-hydrogen) atoms. The second-order valence-corrected chi connectivity index (χ2v) is 4.71. The van der Waals surface area contributed by atoms with Crippen molar-refractivity contribution in [2.24, 2.45) is 0 Å². The normalized spacial score (nSPS) is 10.3. The summed E-state index contributed by atoms with van der Waals surface area (Å²) in [6, 6.07) is 3.60. The van der Waals surface area contributed by atoms with Crippen molar-refractivity contribution in [3.8, 4) is 0 Å². The predicted octanol–water partition coefficient (Wildman–Crippen LogP) is 2.54. The van der Waals surface area contributed by atoms with Gasteiger partial charge in [0.1, 0.15) is 5.82 Å². The summed E-state index contributed by atoms with van der Waals surface area (Å²) >= 11 is 2.15. The average Bonchev–Trinajstić information content (AvgIpc) is 2.61. The van der Waals surface area contributed by atoms with Gasteiger partial charge >= 0.3 is 0 Å². The number of rotatable bonds is 2. The van der Waals surface area contributed by atoms with Crippen LogP contribution in [0, 0.1) is 17.4 Å². The molecule has 0 aliphatic carbocycles. The van der Waals surface area contributed by atoms with E-state index in [1.165, 1.54) is 0 Å². The van der Waals surface area contributed by atoms with E-state index in [-0.39, 0.29) is 11.7 Å². The Morgan fingerprint density at radius 1 is 1.41 bits per heavy atom. The lowest BCUT2D eigenvalue weighted by Crippen LogP contribution is -2.13. The van der Waals surface area contributed by atoms with Gasteiger partial charge in [0.2, 0.25) is 5.76 Å². The van der Waals surface area contributed by atoms with E-state index in [0.717, 1.165) is 3.57 Å². The Morgan fingerprint density at radius 2 is 2.18 bits per heavy atom. The maximum atomic E-state index is 11.8. The van der Waals surface area contributed by atoms with Crippen molar-refractivity contribution in [2.75, 3.05) is 5.32 Å². The van der Waals surface area contributed by atoms with Crippen LogP contribution in [0.25, 0.3) is 0 Å². The number of aryl methyl sites for hydroxylation is 2. The molecule has 2 rings (SSSR count). The molecule has 0 aromatic carbocycles. The smallest absolute Gasteiger partial charge is 0.294 e. The SMILES string of the molecule is Cc1nc(C)c(C(=O)Nc2ccc(I)cn2)o1. The molecule has 0 bridgehead atoms. The van der Waals surface area contributed by atoms with E-state index < -0.39 is 0 Å². The van der Waals surface area contributed by atoms with Gasteiger partial charge < -0.3 is 9.73 Å². The van der Waals surface area contributed by atoms with Crippen LogP contribution in [-0.4, -0.2) is 15.9 Å². The maximum absolute atomic E-state index is 11.8. The van der Waals surface area contributed by atoms with E-state index in [9.17, 15) is 4.79 Å². The Kier molecular flexibility index (Phi) is 3.41. The van der Waals surface area contributed by atoms with Gasteiger partial charge in [-0.15, -0.1) is 0 Å². The molecule has 0 saturated carbocycles. The zero-order chi connectivity index (χ0) is 12.4. The summed E-state index contributed by atoms with van der Waals surface area (Å²) in [6.07, 6.45) is 1.68. The number of carbonyl (C=O) groups excluding carboxylic acids is 1. The van der Waals surface area contributed by atoms with Gasteiger partial charge in [-0.3, -0.25) is 4.79 Å². The fourth-order valence-electron chi connectivity index (χ4n) is 1.36. The molecule has 6 heteroatoms. The number of nitrogens with zero attached hydrogens (tertiary/aromatic N) is 2. The summed E-state index contributed by atoms with van der Waals surface area (Å²) in [5.74, 6) is 0.853. The molecule has 2 aromatic heterocycles. The first-order valence-corrected chi connectivity index (χ1v) is 6.01. The van der Waals surface area contributed by atoms with Gasteiger partial charge in [0.25, 0.3) is 5.91 Å². The minimum atomic E-state index is -0.336. The number of halogens is 1. The molecule has 0 radical (unpaired) electrons. The van der Waals surface area contributed by atoms with E-state index in [2.05, 4.69) is 37.9 Å². The van der Waals surface area contributed by atoms with E-state index in [1.54, 1.807) is 26.1 Å². The lowest BCUT2D eigenvalue weighted by atomic mass is 10.3. The molecule has 2 heterocycles. The molecule has 1 N–H and O–H groups in total. The minimum Gasteiger partial charge on any atom is -0.436 e. The molecule has 0 atom stereocenters. The summed E-state index contributed by atoms with van der Waals surface area (Å²) in [5.41, 5.74) is 0.575. The van der Waals surface area contributed by atoms with Crippen molar-refractivity contribution in [3.05, 3.63) is 39.2 Å². The molecule has 0 aliphatic rings. The van der Waals surface area contributed by atoms with Gasteiger partial charge in [0, 0.05) is 16.7 Å². The van der Waals surface area contributed by atoms with Crippen molar-refractivity contribution < 1.29 is 9.21 Å². The molecule has 0 spiro atoms. The average molecular weight is 343 g/mol. The van der Waals surface area contributed by atoms with Crippen LogP contribution >= 0.6 is 22.6 Å². The van der Waals surface area contributed by atoms with E-state index >= 15 is 0 Å². The Hall–Kier alpha value is -1.44. The van der Waals surface area contributed by atoms with Gasteiger partial charge in [0.15, 0.2) is 5.89 Å². The van der Waals surface area contributed by atoms with Crippen molar-refractivity contribution in [1.82, 2.24) is 9.97 Å². The number of nitrogens with one attached hydrogen (secondary N) is 1. The summed E-state index contributed by atoms with van der Waals surface area (Å²) < 4.78 is 6.23. The summed E-state index contributed by atoms with van der Waals surface area (Å²) in [7, 11) is 0. The maximum Gasteiger partial charge on any atom is 0.294 e. The van der Waals surface area contributed by atoms with Crippen LogP contribution in [0.5, 0.6) is 0 Å². The number of aromatic nitrogens is 2. The topological polar surface area (TPSA) is 68.0 Å². The molecule has 0 saturated heterocycles. The first-order valence-electron chi connectivity index (χ1n) is 4.93. The van der Waals surface area contributed by atoms with Gasteiger partial charge in [-0.25, -0.2) is 9.97 Å². The molecular weight excluding hydrogens is 333 g/mol. The highest BCUT2D eigenvalue weighted by Crippen LogP contribution is 2.12. The van der Waals surface area contributed by atoms with Crippen LogP contribution in [0.1, 0.15) is 22.1 Å². The molecule has 88 valence electrons. The van der Waals surface area contributed by atoms with Crippen LogP contribution in [0.2, 0.25) is 0 Å². The number of carbonyl (C=O) groups is 1. The number of amides is 1. The predicted molar refractivity (Wildman–Crippen MR) is 70.9 cm³/mol. The van der Waals surface area contributed by atoms with E-state index in [0.29, 0.717) is 17.4 Å². The standard InChI is InChI=1S/C11H10IN3O2/c1-6-10(17-7(2)14-6)11(16)15-9-4-3-8(12)5-13-9/h3-5H,1-2H3,(H,13,15,16). The zero-order valence-corrected chi connectivity index (χ0v) is 11.5. The van der Waals surface area contributed by atoms with Crippen molar-refractivity contribution in [1.29, 1.82) is 0 Å². The molecule has 5 nitrogen and oxygen atoms in total. The van der Waals surface area contributed by atoms with Gasteiger partial charge in [-0.2, -0.15) is 0 Å².